The molecule has 0 amide bonds. The molecule has 1 aromatic rings. The molecule has 0 heteroatoms. The van der Waals surface area contributed by atoms with Gasteiger partial charge in [0, 0.05) is 0 Å². The Balaban J connectivity index is 2.85. The van der Waals surface area contributed by atoms with Gasteiger partial charge in [-0.1, -0.05) is 62.8 Å². The van der Waals surface area contributed by atoms with Gasteiger partial charge in [0.25, 0.3) is 0 Å². The van der Waals surface area contributed by atoms with E-state index in [1.54, 1.807) is 0 Å². The zero-order valence-electron chi connectivity index (χ0n) is 10.7. The second kappa shape index (κ2) is 7.05. The van der Waals surface area contributed by atoms with Crippen molar-refractivity contribution in [2.75, 3.05) is 0 Å². The predicted octanol–water partition coefficient (Wildman–Crippen LogP) is 5.01. The summed E-state index contributed by atoms with van der Waals surface area (Å²) in [6.45, 7) is 6.48. The molecule has 0 nitrogen and oxygen atoms in total. The lowest BCUT2D eigenvalue weighted by molar-refractivity contribution is 0.931. The summed E-state index contributed by atoms with van der Waals surface area (Å²) >= 11 is 0. The normalized spacial score (nSPS) is 12.3. The van der Waals surface area contributed by atoms with E-state index in [1.807, 2.05) is 0 Å². The van der Waals surface area contributed by atoms with Crippen LogP contribution in [0, 0.1) is 0 Å². The van der Waals surface area contributed by atoms with Crippen molar-refractivity contribution in [2.24, 2.45) is 0 Å². The molecule has 0 unspecified atom stereocenters. The third-order valence-electron chi connectivity index (χ3n) is 2.66. The number of rotatable bonds is 5. The first-order valence-corrected chi connectivity index (χ1v) is 6.22. The highest BCUT2D eigenvalue weighted by atomic mass is 14.0. The first kappa shape index (κ1) is 12.8. The maximum atomic E-state index is 2.28. The highest BCUT2D eigenvalue weighted by molar-refractivity contribution is 5.56. The highest BCUT2D eigenvalue weighted by Crippen LogP contribution is 2.14. The van der Waals surface area contributed by atoms with Gasteiger partial charge in [-0.25, -0.2) is 0 Å². The smallest absolute Gasteiger partial charge is 0.0254 e. The van der Waals surface area contributed by atoms with Gasteiger partial charge >= 0.3 is 0 Å². The molecule has 0 atom stereocenters. The number of benzene rings is 1. The number of hydrogen-bond donors (Lipinski definition) is 0. The molecule has 0 spiro atoms. The molecule has 0 N–H and O–H groups in total. The van der Waals surface area contributed by atoms with Crippen LogP contribution in [-0.4, -0.2) is 0 Å². The lowest BCUT2D eigenvalue weighted by atomic mass is 10.0. The largest absolute Gasteiger partial charge is 0.0874 e. The Bertz CT molecular complexity index is 352. The molecule has 0 saturated heterocycles. The van der Waals surface area contributed by atoms with Crippen LogP contribution in [0.4, 0.5) is 0 Å². The average Bonchev–Trinajstić information content (AvgIpc) is 2.31. The fourth-order valence-electron chi connectivity index (χ4n) is 1.77. The number of aryl methyl sites for hydroxylation is 1. The summed E-state index contributed by atoms with van der Waals surface area (Å²) in [5.74, 6) is 0. The monoisotopic (exact) mass is 214 g/mol. The van der Waals surface area contributed by atoms with Crippen LogP contribution >= 0.6 is 0 Å². The lowest BCUT2D eigenvalue weighted by Crippen LogP contribution is -1.82. The van der Waals surface area contributed by atoms with E-state index in [-0.39, 0.29) is 0 Å². The van der Waals surface area contributed by atoms with E-state index in [2.05, 4.69) is 63.3 Å². The summed E-state index contributed by atoms with van der Waals surface area (Å²) in [6.07, 6.45) is 10.1. The zero-order chi connectivity index (χ0) is 11.8. The Labute approximate surface area is 99.7 Å². The van der Waals surface area contributed by atoms with Gasteiger partial charge in [0.1, 0.15) is 0 Å². The average molecular weight is 214 g/mol. The van der Waals surface area contributed by atoms with E-state index >= 15 is 0 Å². The van der Waals surface area contributed by atoms with E-state index < -0.39 is 0 Å². The first-order valence-electron chi connectivity index (χ1n) is 6.22. The van der Waals surface area contributed by atoms with E-state index in [0.29, 0.717) is 0 Å². The number of allylic oxidation sites excluding steroid dienone is 3. The van der Waals surface area contributed by atoms with Gasteiger partial charge in [-0.15, -0.1) is 0 Å². The molecule has 0 heterocycles. The van der Waals surface area contributed by atoms with E-state index in [9.17, 15) is 0 Å². The van der Waals surface area contributed by atoms with Crippen LogP contribution in [0.25, 0.3) is 6.08 Å². The van der Waals surface area contributed by atoms with Gasteiger partial charge in [0.15, 0.2) is 0 Å². The van der Waals surface area contributed by atoms with Crippen molar-refractivity contribution in [1.29, 1.82) is 0 Å². The molecular formula is C16H22. The van der Waals surface area contributed by atoms with Crippen molar-refractivity contribution in [3.8, 4) is 0 Å². The second-order valence-corrected chi connectivity index (χ2v) is 4.06. The summed E-state index contributed by atoms with van der Waals surface area (Å²) in [5.41, 5.74) is 4.12. The van der Waals surface area contributed by atoms with E-state index in [4.69, 9.17) is 0 Å². The maximum absolute atomic E-state index is 2.28. The quantitative estimate of drug-likeness (QED) is 0.604. The van der Waals surface area contributed by atoms with Crippen LogP contribution in [0.5, 0.6) is 0 Å². The second-order valence-electron chi connectivity index (χ2n) is 4.06. The van der Waals surface area contributed by atoms with Gasteiger partial charge in [-0.3, -0.25) is 0 Å². The van der Waals surface area contributed by atoms with Crippen LogP contribution in [0.3, 0.4) is 0 Å². The molecule has 0 saturated carbocycles. The Hall–Kier alpha value is -1.30. The van der Waals surface area contributed by atoms with Gasteiger partial charge in [0.2, 0.25) is 0 Å². The van der Waals surface area contributed by atoms with E-state index in [1.165, 1.54) is 23.1 Å². The van der Waals surface area contributed by atoms with Gasteiger partial charge < -0.3 is 0 Å². The molecule has 0 aliphatic heterocycles. The fourth-order valence-corrected chi connectivity index (χ4v) is 1.77. The molecule has 1 rings (SSSR count). The summed E-state index contributed by atoms with van der Waals surface area (Å²) in [4.78, 5) is 0. The Morgan fingerprint density at radius 1 is 1.12 bits per heavy atom. The third-order valence-corrected chi connectivity index (χ3v) is 2.66. The minimum Gasteiger partial charge on any atom is -0.0874 e. The van der Waals surface area contributed by atoms with Gasteiger partial charge in [0.05, 0.1) is 0 Å². The Morgan fingerprint density at radius 2 is 1.81 bits per heavy atom. The molecular weight excluding hydrogens is 192 g/mol. The summed E-state index contributed by atoms with van der Waals surface area (Å²) in [6, 6.07) is 8.84. The SMILES string of the molecule is C/C=C\C(=C/c1ccc(CC)cc1)CCC. The molecule has 0 aliphatic carbocycles. The van der Waals surface area contributed by atoms with Crippen molar-refractivity contribution >= 4 is 6.08 Å². The molecule has 0 aromatic heterocycles. The fraction of sp³-hybridized carbons (Fsp3) is 0.375. The van der Waals surface area contributed by atoms with Gasteiger partial charge in [-0.2, -0.15) is 0 Å². The van der Waals surface area contributed by atoms with Crippen LogP contribution in [-0.2, 0) is 6.42 Å². The first-order chi connectivity index (χ1) is 7.80. The van der Waals surface area contributed by atoms with Crippen LogP contribution in [0.2, 0.25) is 0 Å². The molecule has 0 bridgehead atoms. The molecule has 0 radical (unpaired) electrons. The van der Waals surface area contributed by atoms with Crippen molar-refractivity contribution in [3.63, 3.8) is 0 Å². The standard InChI is InChI=1S/C16H22/c1-4-7-15(8-5-2)13-16-11-9-14(6-3)10-12-16/h4,7,9-13H,5-6,8H2,1-3H3/b7-4-,15-13+. The molecule has 86 valence electrons. The van der Waals surface area contributed by atoms with Crippen LogP contribution in [0.1, 0.15) is 44.7 Å². The van der Waals surface area contributed by atoms with Crippen LogP contribution < -0.4 is 0 Å². The van der Waals surface area contributed by atoms with Gasteiger partial charge in [-0.05, 0) is 36.5 Å². The minimum absolute atomic E-state index is 1.11. The van der Waals surface area contributed by atoms with Crippen molar-refractivity contribution < 1.29 is 0 Å². The summed E-state index contributed by atoms with van der Waals surface area (Å²) in [5, 5.41) is 0. The minimum atomic E-state index is 1.11. The summed E-state index contributed by atoms with van der Waals surface area (Å²) in [7, 11) is 0. The zero-order valence-corrected chi connectivity index (χ0v) is 10.7. The lowest BCUT2D eigenvalue weighted by Gasteiger charge is -2.01. The van der Waals surface area contributed by atoms with Crippen molar-refractivity contribution in [1.82, 2.24) is 0 Å². The topological polar surface area (TPSA) is 0 Å². The maximum Gasteiger partial charge on any atom is -0.0254 e. The van der Waals surface area contributed by atoms with Crippen molar-refractivity contribution in [2.45, 2.75) is 40.0 Å². The highest BCUT2D eigenvalue weighted by Gasteiger charge is 1.93. The van der Waals surface area contributed by atoms with E-state index in [0.717, 1.165) is 12.8 Å². The molecule has 16 heavy (non-hydrogen) atoms. The Morgan fingerprint density at radius 3 is 2.31 bits per heavy atom. The Kier molecular flexibility index (Phi) is 5.63. The predicted molar refractivity (Wildman–Crippen MR) is 73.5 cm³/mol. The molecule has 0 fully saturated rings. The molecule has 1 aromatic carbocycles. The van der Waals surface area contributed by atoms with Crippen molar-refractivity contribution in [3.05, 3.63) is 53.1 Å². The summed E-state index contributed by atoms with van der Waals surface area (Å²) < 4.78 is 0. The number of hydrogen-bond acceptors (Lipinski definition) is 0. The molecule has 0 aliphatic rings. The third kappa shape index (κ3) is 4.06. The van der Waals surface area contributed by atoms with Crippen LogP contribution in [0.15, 0.2) is 42.0 Å².